The van der Waals surface area contributed by atoms with E-state index >= 15 is 0 Å². The second kappa shape index (κ2) is 6.06. The second-order valence-corrected chi connectivity index (χ2v) is 7.02. The molecule has 1 heterocycles. The third kappa shape index (κ3) is 3.56. The van der Waals surface area contributed by atoms with E-state index in [-0.39, 0.29) is 11.4 Å². The Morgan fingerprint density at radius 2 is 2.00 bits per heavy atom. The van der Waals surface area contributed by atoms with E-state index in [1.54, 1.807) is 0 Å². The van der Waals surface area contributed by atoms with Crippen LogP contribution in [0, 0.1) is 10.1 Å². The van der Waals surface area contributed by atoms with Gasteiger partial charge in [-0.3, -0.25) is 10.1 Å². The molecule has 8 nitrogen and oxygen atoms in total. The number of likely N-dealkylation sites (N-methyl/N-ethyl adjacent to an activating group) is 1. The number of hydrogen-bond donors (Lipinski definition) is 2. The van der Waals surface area contributed by atoms with Crippen molar-refractivity contribution < 1.29 is 18.4 Å². The van der Waals surface area contributed by atoms with Gasteiger partial charge in [-0.15, -0.1) is 0 Å². The molecule has 2 atom stereocenters. The highest BCUT2D eigenvalue weighted by Crippen LogP contribution is 2.18. The minimum Gasteiger partial charge on any atom is -0.390 e. The van der Waals surface area contributed by atoms with Crippen LogP contribution in [0.25, 0.3) is 0 Å². The number of sulfonamides is 1. The molecule has 1 aliphatic rings. The van der Waals surface area contributed by atoms with Gasteiger partial charge in [-0.25, -0.2) is 8.42 Å². The van der Waals surface area contributed by atoms with E-state index in [1.807, 2.05) is 0 Å². The third-order valence-corrected chi connectivity index (χ3v) is 5.40. The average Bonchev–Trinajstić information content (AvgIpc) is 2.84. The van der Waals surface area contributed by atoms with Gasteiger partial charge < -0.3 is 10.4 Å². The van der Waals surface area contributed by atoms with Gasteiger partial charge in [0.15, 0.2) is 0 Å². The predicted molar refractivity (Wildman–Crippen MR) is 76.1 cm³/mol. The Balaban J connectivity index is 2.11. The lowest BCUT2D eigenvalue weighted by molar-refractivity contribution is -0.384. The number of nitro groups is 1. The maximum absolute atomic E-state index is 12.3. The Morgan fingerprint density at radius 3 is 2.48 bits per heavy atom. The lowest BCUT2D eigenvalue weighted by Gasteiger charge is -2.25. The molecule has 0 aromatic heterocycles. The molecule has 1 saturated heterocycles. The molecule has 0 amide bonds. The topological polar surface area (TPSA) is 113 Å². The fourth-order valence-electron chi connectivity index (χ4n) is 2.25. The van der Waals surface area contributed by atoms with Gasteiger partial charge in [-0.2, -0.15) is 4.31 Å². The van der Waals surface area contributed by atoms with Crippen LogP contribution < -0.4 is 5.32 Å². The van der Waals surface area contributed by atoms with Crippen LogP contribution in [-0.2, 0) is 15.8 Å². The summed E-state index contributed by atoms with van der Waals surface area (Å²) in [6.07, 6.45) is -0.735. The number of benzene rings is 1. The minimum atomic E-state index is -3.60. The molecule has 116 valence electrons. The molecular formula is C12H17N3O5S. The molecule has 0 spiro atoms. The lowest BCUT2D eigenvalue weighted by atomic mass is 10.2. The van der Waals surface area contributed by atoms with Gasteiger partial charge in [0.1, 0.15) is 0 Å². The van der Waals surface area contributed by atoms with E-state index in [4.69, 9.17) is 0 Å². The van der Waals surface area contributed by atoms with Crippen LogP contribution in [-0.4, -0.2) is 55.0 Å². The number of nitro benzene ring substituents is 1. The minimum absolute atomic E-state index is 0.0834. The quantitative estimate of drug-likeness (QED) is 0.569. The summed E-state index contributed by atoms with van der Waals surface area (Å²) >= 11 is 0. The zero-order chi connectivity index (χ0) is 15.6. The Kier molecular flexibility index (Phi) is 4.57. The van der Waals surface area contributed by atoms with E-state index < -0.39 is 27.1 Å². The molecule has 0 saturated carbocycles. The van der Waals surface area contributed by atoms with Crippen LogP contribution >= 0.6 is 0 Å². The van der Waals surface area contributed by atoms with Crippen LogP contribution in [0.5, 0.6) is 0 Å². The van der Waals surface area contributed by atoms with Crippen molar-refractivity contribution in [1.82, 2.24) is 9.62 Å². The van der Waals surface area contributed by atoms with Crippen molar-refractivity contribution in [3.63, 3.8) is 0 Å². The Bertz CT molecular complexity index is 616. The Labute approximate surface area is 122 Å². The standard InChI is InChI=1S/C12H17N3O5S/c1-14(11-6-13-7-12(11)16)21(19,20)8-9-2-4-10(5-3-9)15(17)18/h2-5,11-13,16H,6-8H2,1H3/t11-,12-/m1/s1. The average molecular weight is 315 g/mol. The summed E-state index contributed by atoms with van der Waals surface area (Å²) in [4.78, 5) is 10.0. The van der Waals surface area contributed by atoms with Crippen molar-refractivity contribution >= 4 is 15.7 Å². The smallest absolute Gasteiger partial charge is 0.269 e. The van der Waals surface area contributed by atoms with E-state index in [0.717, 1.165) is 0 Å². The van der Waals surface area contributed by atoms with Gasteiger partial charge in [0.2, 0.25) is 10.0 Å². The number of β-amino-alcohol motifs (C(OH)–C–C–N with tert-alkyl or cyclic N) is 1. The van der Waals surface area contributed by atoms with Crippen molar-refractivity contribution in [2.24, 2.45) is 0 Å². The highest BCUT2D eigenvalue weighted by molar-refractivity contribution is 7.88. The largest absolute Gasteiger partial charge is 0.390 e. The first-order valence-electron chi connectivity index (χ1n) is 6.39. The van der Waals surface area contributed by atoms with Crippen molar-refractivity contribution in [3.05, 3.63) is 39.9 Å². The van der Waals surface area contributed by atoms with E-state index in [0.29, 0.717) is 18.7 Å². The molecular weight excluding hydrogens is 298 g/mol. The fraction of sp³-hybridized carbons (Fsp3) is 0.500. The van der Waals surface area contributed by atoms with Crippen molar-refractivity contribution in [2.45, 2.75) is 17.9 Å². The van der Waals surface area contributed by atoms with Crippen LogP contribution in [0.3, 0.4) is 0 Å². The van der Waals surface area contributed by atoms with Crippen LogP contribution in [0.15, 0.2) is 24.3 Å². The molecule has 0 bridgehead atoms. The summed E-state index contributed by atoms with van der Waals surface area (Å²) in [6.45, 7) is 0.763. The van der Waals surface area contributed by atoms with Gasteiger partial charge in [0.25, 0.3) is 5.69 Å². The number of aliphatic hydroxyl groups excluding tert-OH is 1. The van der Waals surface area contributed by atoms with Crippen LogP contribution in [0.4, 0.5) is 5.69 Å². The first kappa shape index (κ1) is 15.8. The number of nitrogens with zero attached hydrogens (tertiary/aromatic N) is 2. The first-order valence-corrected chi connectivity index (χ1v) is 8.00. The molecule has 0 unspecified atom stereocenters. The van der Waals surface area contributed by atoms with E-state index in [1.165, 1.54) is 35.6 Å². The number of hydrogen-bond acceptors (Lipinski definition) is 6. The Morgan fingerprint density at radius 1 is 1.38 bits per heavy atom. The number of rotatable bonds is 5. The predicted octanol–water partition coefficient (Wildman–Crippen LogP) is -0.311. The molecule has 1 aromatic carbocycles. The summed E-state index contributed by atoms with van der Waals surface area (Å²) in [5.74, 6) is -0.259. The van der Waals surface area contributed by atoms with E-state index in [2.05, 4.69) is 5.32 Å². The van der Waals surface area contributed by atoms with Gasteiger partial charge >= 0.3 is 0 Å². The molecule has 1 fully saturated rings. The highest BCUT2D eigenvalue weighted by atomic mass is 32.2. The number of nitrogens with one attached hydrogen (secondary N) is 1. The summed E-state index contributed by atoms with van der Waals surface area (Å²) in [7, 11) is -2.17. The molecule has 2 rings (SSSR count). The summed E-state index contributed by atoms with van der Waals surface area (Å²) < 4.78 is 25.8. The van der Waals surface area contributed by atoms with E-state index in [9.17, 15) is 23.6 Å². The molecule has 2 N–H and O–H groups in total. The first-order chi connectivity index (χ1) is 9.81. The zero-order valence-corrected chi connectivity index (χ0v) is 12.3. The van der Waals surface area contributed by atoms with Gasteiger partial charge in [-0.1, -0.05) is 12.1 Å². The maximum Gasteiger partial charge on any atom is 0.269 e. The van der Waals surface area contributed by atoms with Crippen molar-refractivity contribution in [1.29, 1.82) is 0 Å². The molecule has 1 aromatic rings. The molecule has 21 heavy (non-hydrogen) atoms. The van der Waals surface area contributed by atoms with Crippen molar-refractivity contribution in [2.75, 3.05) is 20.1 Å². The van der Waals surface area contributed by atoms with Crippen LogP contribution in [0.2, 0.25) is 0 Å². The summed E-state index contributed by atoms with van der Waals surface area (Å²) in [6, 6.07) is 4.90. The SMILES string of the molecule is CN([C@@H]1CNC[C@H]1O)S(=O)(=O)Cc1ccc([N+](=O)[O-])cc1. The Hall–Kier alpha value is -1.55. The van der Waals surface area contributed by atoms with Gasteiger partial charge in [0, 0.05) is 32.3 Å². The number of aliphatic hydroxyl groups is 1. The zero-order valence-electron chi connectivity index (χ0n) is 11.5. The third-order valence-electron chi connectivity index (χ3n) is 3.55. The maximum atomic E-state index is 12.3. The highest BCUT2D eigenvalue weighted by Gasteiger charge is 2.34. The second-order valence-electron chi connectivity index (χ2n) is 4.99. The normalized spacial score (nSPS) is 22.6. The molecule has 1 aliphatic heterocycles. The van der Waals surface area contributed by atoms with Crippen LogP contribution in [0.1, 0.15) is 5.56 Å². The van der Waals surface area contributed by atoms with Crippen molar-refractivity contribution in [3.8, 4) is 0 Å². The van der Waals surface area contributed by atoms with Gasteiger partial charge in [0.05, 0.1) is 22.8 Å². The number of non-ortho nitro benzene ring substituents is 1. The molecule has 0 aliphatic carbocycles. The monoisotopic (exact) mass is 315 g/mol. The summed E-state index contributed by atoms with van der Waals surface area (Å²) in [5, 5.41) is 23.2. The lowest BCUT2D eigenvalue weighted by Crippen LogP contribution is -2.44. The molecule has 0 radical (unpaired) electrons. The molecule has 9 heteroatoms. The summed E-state index contributed by atoms with van der Waals surface area (Å²) in [5.41, 5.74) is 0.382. The fourth-order valence-corrected chi connectivity index (χ4v) is 3.70. The van der Waals surface area contributed by atoms with Gasteiger partial charge in [-0.05, 0) is 5.56 Å².